The Morgan fingerprint density at radius 1 is 0.800 bits per heavy atom. The first-order valence-electron chi connectivity index (χ1n) is 13.6. The van der Waals surface area contributed by atoms with Gasteiger partial charge in [-0.3, -0.25) is 9.59 Å². The van der Waals surface area contributed by atoms with Crippen LogP contribution in [0, 0.1) is 6.92 Å². The number of piperazine rings is 1. The minimum absolute atomic E-state index is 0.0107. The zero-order chi connectivity index (χ0) is 27.5. The number of nitrogens with zero attached hydrogens (tertiary/aromatic N) is 3. The fourth-order valence-electron chi connectivity index (χ4n) is 5.24. The Balaban J connectivity index is 1.17. The van der Waals surface area contributed by atoms with Crippen molar-refractivity contribution in [3.05, 3.63) is 130 Å². The summed E-state index contributed by atoms with van der Waals surface area (Å²) in [5.74, 6) is 0.0387. The van der Waals surface area contributed by atoms with Gasteiger partial charge in [0.15, 0.2) is 0 Å². The van der Waals surface area contributed by atoms with Crippen LogP contribution in [-0.2, 0) is 11.3 Å². The largest absolute Gasteiger partial charge is 0.368 e. The molecule has 0 atom stereocenters. The molecular formula is C34H31N3O2S. The molecule has 1 saturated heterocycles. The number of rotatable bonds is 5. The number of carbonyl (C=O) groups excluding carboxylic acids is 2. The predicted octanol–water partition coefficient (Wildman–Crippen LogP) is 6.64. The third-order valence-electron chi connectivity index (χ3n) is 7.57. The summed E-state index contributed by atoms with van der Waals surface area (Å²) in [4.78, 5) is 34.7. The molecular weight excluding hydrogens is 514 g/mol. The molecule has 0 aromatic heterocycles. The molecule has 0 radical (unpaired) electrons. The van der Waals surface area contributed by atoms with E-state index in [4.69, 9.17) is 0 Å². The molecule has 2 aliphatic heterocycles. The predicted molar refractivity (Wildman–Crippen MR) is 164 cm³/mol. The molecule has 2 amide bonds. The average Bonchev–Trinajstić information content (AvgIpc) is 3.01. The maximum Gasteiger partial charge on any atom is 0.265 e. The monoisotopic (exact) mass is 545 g/mol. The van der Waals surface area contributed by atoms with Crippen LogP contribution in [0.25, 0.3) is 6.08 Å². The van der Waals surface area contributed by atoms with Gasteiger partial charge in [0.05, 0.1) is 17.1 Å². The second kappa shape index (κ2) is 11.4. The molecule has 0 N–H and O–H groups in total. The van der Waals surface area contributed by atoms with E-state index in [2.05, 4.69) is 42.2 Å². The van der Waals surface area contributed by atoms with E-state index in [9.17, 15) is 9.59 Å². The fraction of sp³-hybridized carbons (Fsp3) is 0.176. The van der Waals surface area contributed by atoms with E-state index in [1.54, 1.807) is 0 Å². The molecule has 2 aliphatic rings. The molecule has 0 bridgehead atoms. The van der Waals surface area contributed by atoms with Crippen LogP contribution in [0.15, 0.2) is 113 Å². The molecule has 0 saturated carbocycles. The van der Waals surface area contributed by atoms with Crippen LogP contribution in [0.2, 0.25) is 0 Å². The number of thioether (sulfide) groups is 1. The van der Waals surface area contributed by atoms with Gasteiger partial charge in [0.2, 0.25) is 0 Å². The Labute approximate surface area is 239 Å². The van der Waals surface area contributed by atoms with E-state index < -0.39 is 0 Å². The zero-order valence-corrected chi connectivity index (χ0v) is 23.3. The van der Waals surface area contributed by atoms with Gasteiger partial charge in [-0.15, -0.1) is 0 Å². The van der Waals surface area contributed by atoms with Crippen molar-refractivity contribution in [1.82, 2.24) is 4.90 Å². The first-order valence-corrected chi connectivity index (χ1v) is 14.4. The van der Waals surface area contributed by atoms with Gasteiger partial charge < -0.3 is 14.7 Å². The standard InChI is InChI=1S/C34H31N3O2S/c1-25-9-5-6-10-28(25)24-37-30-13-7-8-14-31(30)40-32(34(37)39)23-26-15-17-27(18-16-26)33(38)36-21-19-35(20-22-36)29-11-3-2-4-12-29/h2-18,23H,19-22,24H2,1H3. The summed E-state index contributed by atoms with van der Waals surface area (Å²) in [6.45, 7) is 5.62. The molecule has 40 heavy (non-hydrogen) atoms. The highest BCUT2D eigenvalue weighted by molar-refractivity contribution is 8.04. The molecule has 0 spiro atoms. The normalized spacial score (nSPS) is 16.3. The zero-order valence-electron chi connectivity index (χ0n) is 22.5. The number of carbonyl (C=O) groups is 2. The Bertz CT molecular complexity index is 1560. The first kappa shape index (κ1) is 26.0. The van der Waals surface area contributed by atoms with Crippen molar-refractivity contribution in [3.63, 3.8) is 0 Å². The van der Waals surface area contributed by atoms with Crippen molar-refractivity contribution in [3.8, 4) is 0 Å². The highest BCUT2D eigenvalue weighted by atomic mass is 32.2. The molecule has 2 heterocycles. The van der Waals surface area contributed by atoms with Gasteiger partial charge in [-0.05, 0) is 66.1 Å². The summed E-state index contributed by atoms with van der Waals surface area (Å²) < 4.78 is 0. The van der Waals surface area contributed by atoms with E-state index in [0.717, 1.165) is 34.8 Å². The molecule has 6 heteroatoms. The lowest BCUT2D eigenvalue weighted by Gasteiger charge is -2.36. The van der Waals surface area contributed by atoms with Crippen molar-refractivity contribution in [2.24, 2.45) is 0 Å². The number of fused-ring (bicyclic) bond motifs is 1. The van der Waals surface area contributed by atoms with Crippen LogP contribution >= 0.6 is 11.8 Å². The topological polar surface area (TPSA) is 43.9 Å². The van der Waals surface area contributed by atoms with Crippen LogP contribution in [0.1, 0.15) is 27.0 Å². The van der Waals surface area contributed by atoms with Crippen molar-refractivity contribution in [2.45, 2.75) is 18.4 Å². The Hall–Kier alpha value is -4.29. The lowest BCUT2D eigenvalue weighted by molar-refractivity contribution is -0.114. The number of amides is 2. The van der Waals surface area contributed by atoms with Crippen molar-refractivity contribution in [2.75, 3.05) is 36.0 Å². The molecule has 0 unspecified atom stereocenters. The summed E-state index contributed by atoms with van der Waals surface area (Å²) in [6, 6.07) is 34.2. The highest BCUT2D eigenvalue weighted by Crippen LogP contribution is 2.42. The molecule has 5 nitrogen and oxygen atoms in total. The van der Waals surface area contributed by atoms with E-state index in [1.807, 2.05) is 88.7 Å². The summed E-state index contributed by atoms with van der Waals surface area (Å²) in [6.07, 6.45) is 1.93. The van der Waals surface area contributed by atoms with E-state index in [0.29, 0.717) is 30.1 Å². The lowest BCUT2D eigenvalue weighted by Crippen LogP contribution is -2.48. The number of hydrogen-bond acceptors (Lipinski definition) is 4. The summed E-state index contributed by atoms with van der Waals surface area (Å²) in [5.41, 5.74) is 6.00. The fourth-order valence-corrected chi connectivity index (χ4v) is 6.30. The second-order valence-corrected chi connectivity index (χ2v) is 11.2. The minimum atomic E-state index is -0.0107. The van der Waals surface area contributed by atoms with Crippen LogP contribution < -0.4 is 9.80 Å². The first-order chi connectivity index (χ1) is 19.6. The molecule has 4 aromatic carbocycles. The second-order valence-electron chi connectivity index (χ2n) is 10.1. The maximum absolute atomic E-state index is 13.7. The number of benzene rings is 4. The third kappa shape index (κ3) is 5.40. The number of aryl methyl sites for hydroxylation is 1. The Kier molecular flexibility index (Phi) is 7.43. The van der Waals surface area contributed by atoms with Gasteiger partial charge in [0, 0.05) is 42.3 Å². The number of hydrogen-bond donors (Lipinski definition) is 0. The molecule has 6 rings (SSSR count). The average molecular weight is 546 g/mol. The smallest absolute Gasteiger partial charge is 0.265 e. The van der Waals surface area contributed by atoms with Crippen molar-refractivity contribution >= 4 is 41.0 Å². The Morgan fingerprint density at radius 2 is 1.48 bits per heavy atom. The molecule has 200 valence electrons. The highest BCUT2D eigenvalue weighted by Gasteiger charge is 2.29. The van der Waals surface area contributed by atoms with Crippen LogP contribution in [0.5, 0.6) is 0 Å². The van der Waals surface area contributed by atoms with Crippen molar-refractivity contribution < 1.29 is 9.59 Å². The van der Waals surface area contributed by atoms with Gasteiger partial charge in [0.25, 0.3) is 11.8 Å². The maximum atomic E-state index is 13.7. The Morgan fingerprint density at radius 3 is 2.23 bits per heavy atom. The summed E-state index contributed by atoms with van der Waals surface area (Å²) in [5, 5.41) is 0. The van der Waals surface area contributed by atoms with Gasteiger partial charge >= 0.3 is 0 Å². The van der Waals surface area contributed by atoms with E-state index in [1.165, 1.54) is 23.0 Å². The molecule has 1 fully saturated rings. The van der Waals surface area contributed by atoms with Gasteiger partial charge in [0.1, 0.15) is 0 Å². The van der Waals surface area contributed by atoms with Gasteiger partial charge in [-0.1, -0.05) is 78.5 Å². The third-order valence-corrected chi connectivity index (χ3v) is 8.64. The van der Waals surface area contributed by atoms with E-state index >= 15 is 0 Å². The summed E-state index contributed by atoms with van der Waals surface area (Å²) >= 11 is 1.50. The SMILES string of the molecule is Cc1ccccc1CN1C(=O)C(=Cc2ccc(C(=O)N3CCN(c4ccccc4)CC3)cc2)Sc2ccccc21. The van der Waals surface area contributed by atoms with Gasteiger partial charge in [-0.2, -0.15) is 0 Å². The number of anilines is 2. The van der Waals surface area contributed by atoms with E-state index in [-0.39, 0.29) is 11.8 Å². The van der Waals surface area contributed by atoms with Crippen LogP contribution in [0.3, 0.4) is 0 Å². The minimum Gasteiger partial charge on any atom is -0.368 e. The lowest BCUT2D eigenvalue weighted by atomic mass is 10.1. The van der Waals surface area contributed by atoms with Crippen LogP contribution in [-0.4, -0.2) is 42.9 Å². The summed E-state index contributed by atoms with van der Waals surface area (Å²) in [7, 11) is 0. The van der Waals surface area contributed by atoms with Crippen molar-refractivity contribution in [1.29, 1.82) is 0 Å². The molecule has 0 aliphatic carbocycles. The quantitative estimate of drug-likeness (QED) is 0.264. The van der Waals surface area contributed by atoms with Crippen LogP contribution in [0.4, 0.5) is 11.4 Å². The van der Waals surface area contributed by atoms with Gasteiger partial charge in [-0.25, -0.2) is 0 Å². The number of para-hydroxylation sites is 2. The molecule has 4 aromatic rings.